The number of halogens is 1. The number of carbonyl (C=O) groups is 2. The summed E-state index contributed by atoms with van der Waals surface area (Å²) in [5, 5.41) is 13.1. The third kappa shape index (κ3) is 3.99. The predicted octanol–water partition coefficient (Wildman–Crippen LogP) is 1.95. The van der Waals surface area contributed by atoms with Gasteiger partial charge < -0.3 is 15.7 Å². The summed E-state index contributed by atoms with van der Waals surface area (Å²) in [5.41, 5.74) is 2.47. The topological polar surface area (TPSA) is 91.3 Å². The molecule has 1 heterocycles. The molecule has 0 unspecified atom stereocenters. The third-order valence-electron chi connectivity index (χ3n) is 2.58. The van der Waals surface area contributed by atoms with Crippen molar-refractivity contribution >= 4 is 23.3 Å². The molecule has 0 atom stereocenters. The van der Waals surface area contributed by atoms with Gasteiger partial charge in [0, 0.05) is 13.1 Å². The average Bonchev–Trinajstić information content (AvgIpc) is 2.93. The summed E-state index contributed by atoms with van der Waals surface area (Å²) in [4.78, 5) is 26.9. The summed E-state index contributed by atoms with van der Waals surface area (Å²) >= 11 is 1.28. The Morgan fingerprint density at radius 3 is 2.52 bits per heavy atom. The molecule has 1 aromatic carbocycles. The second kappa shape index (κ2) is 6.80. The minimum absolute atomic E-state index is 0.108. The highest BCUT2D eigenvalue weighted by Crippen LogP contribution is 2.27. The fraction of sp³-hybridized carbons (Fsp3) is 0.154. The Hall–Kier alpha value is -2.48. The van der Waals surface area contributed by atoms with E-state index in [1.807, 2.05) is 0 Å². The van der Waals surface area contributed by atoms with Crippen molar-refractivity contribution in [3.05, 3.63) is 41.3 Å². The molecule has 0 aliphatic rings. The summed E-state index contributed by atoms with van der Waals surface area (Å²) < 4.78 is 12.9. The van der Waals surface area contributed by atoms with Gasteiger partial charge in [-0.05, 0) is 17.7 Å². The van der Waals surface area contributed by atoms with E-state index in [-0.39, 0.29) is 24.6 Å². The molecule has 2 rings (SSSR count). The number of carbonyl (C=O) groups excluding carboxylic acids is 1. The molecule has 0 bridgehead atoms. The number of aromatic nitrogens is 1. The second-order valence-electron chi connectivity index (χ2n) is 4.02. The second-order valence-corrected chi connectivity index (χ2v) is 4.88. The summed E-state index contributed by atoms with van der Waals surface area (Å²) in [5.74, 6) is -0.753. The first-order chi connectivity index (χ1) is 10.1. The van der Waals surface area contributed by atoms with E-state index in [4.69, 9.17) is 5.11 Å². The number of benzene rings is 1. The Balaban J connectivity index is 2.04. The van der Waals surface area contributed by atoms with Crippen molar-refractivity contribution < 1.29 is 19.1 Å². The number of rotatable bonds is 5. The van der Waals surface area contributed by atoms with Crippen LogP contribution < -0.4 is 10.6 Å². The van der Waals surface area contributed by atoms with E-state index >= 15 is 0 Å². The molecule has 21 heavy (non-hydrogen) atoms. The van der Waals surface area contributed by atoms with Crippen LogP contribution in [0.15, 0.2) is 29.8 Å². The van der Waals surface area contributed by atoms with E-state index < -0.39 is 12.0 Å². The van der Waals surface area contributed by atoms with Crippen molar-refractivity contribution in [2.45, 2.75) is 0 Å². The molecule has 1 aromatic heterocycles. The molecule has 0 fully saturated rings. The maximum absolute atomic E-state index is 12.9. The predicted molar refractivity (Wildman–Crippen MR) is 75.9 cm³/mol. The number of hydrogen-bond acceptors (Lipinski definition) is 4. The molecular weight excluding hydrogens is 297 g/mol. The number of hydrogen-bond donors (Lipinski definition) is 3. The van der Waals surface area contributed by atoms with Crippen LogP contribution in [0, 0.1) is 5.82 Å². The fourth-order valence-electron chi connectivity index (χ4n) is 1.64. The molecule has 0 saturated heterocycles. The monoisotopic (exact) mass is 309 g/mol. The van der Waals surface area contributed by atoms with Gasteiger partial charge in [0.15, 0.2) is 0 Å². The van der Waals surface area contributed by atoms with Crippen LogP contribution in [-0.2, 0) is 0 Å². The summed E-state index contributed by atoms with van der Waals surface area (Å²) in [6, 6.07) is 5.78. The summed E-state index contributed by atoms with van der Waals surface area (Å²) in [6.45, 7) is 0.266. The van der Waals surface area contributed by atoms with Crippen molar-refractivity contribution in [3.63, 3.8) is 0 Å². The largest absolute Gasteiger partial charge is 0.465 e. The summed E-state index contributed by atoms with van der Waals surface area (Å²) in [7, 11) is 0. The van der Waals surface area contributed by atoms with Gasteiger partial charge in [-0.3, -0.25) is 4.79 Å². The molecule has 0 radical (unpaired) electrons. The number of nitrogens with one attached hydrogen (secondary N) is 2. The van der Waals surface area contributed by atoms with E-state index in [9.17, 15) is 14.0 Å². The number of thiazole rings is 1. The molecule has 0 spiro atoms. The van der Waals surface area contributed by atoms with Crippen LogP contribution in [0.3, 0.4) is 0 Å². The zero-order valence-corrected chi connectivity index (χ0v) is 11.6. The number of nitrogens with zero attached hydrogens (tertiary/aromatic N) is 1. The van der Waals surface area contributed by atoms with Crippen LogP contribution in [-0.4, -0.2) is 35.2 Å². The van der Waals surface area contributed by atoms with Crippen LogP contribution in [0.1, 0.15) is 10.5 Å². The zero-order valence-electron chi connectivity index (χ0n) is 10.8. The van der Waals surface area contributed by atoms with E-state index in [2.05, 4.69) is 15.6 Å². The molecule has 0 aliphatic heterocycles. The highest BCUT2D eigenvalue weighted by molar-refractivity contribution is 7.13. The van der Waals surface area contributed by atoms with Gasteiger partial charge in [0.1, 0.15) is 11.5 Å². The maximum atomic E-state index is 12.9. The lowest BCUT2D eigenvalue weighted by Crippen LogP contribution is -2.34. The van der Waals surface area contributed by atoms with Gasteiger partial charge in [0.2, 0.25) is 0 Å². The Morgan fingerprint density at radius 1 is 1.19 bits per heavy atom. The Bertz CT molecular complexity index is 642. The Kier molecular flexibility index (Phi) is 4.83. The number of amides is 2. The lowest BCUT2D eigenvalue weighted by Gasteiger charge is -2.05. The van der Waals surface area contributed by atoms with E-state index in [1.54, 1.807) is 12.1 Å². The first-order valence-corrected chi connectivity index (χ1v) is 6.90. The van der Waals surface area contributed by atoms with Gasteiger partial charge in [-0.2, -0.15) is 0 Å². The van der Waals surface area contributed by atoms with Gasteiger partial charge in [-0.25, -0.2) is 14.2 Å². The quantitative estimate of drug-likeness (QED) is 0.736. The Morgan fingerprint density at radius 2 is 1.86 bits per heavy atom. The van der Waals surface area contributed by atoms with Crippen molar-refractivity contribution in [1.29, 1.82) is 0 Å². The Labute approximate surface area is 123 Å². The summed E-state index contributed by atoms with van der Waals surface area (Å²) in [6.07, 6.45) is -1.15. The van der Waals surface area contributed by atoms with Crippen molar-refractivity contribution in [2.24, 2.45) is 0 Å². The van der Waals surface area contributed by atoms with Crippen LogP contribution >= 0.6 is 11.3 Å². The maximum Gasteiger partial charge on any atom is 0.404 e. The van der Waals surface area contributed by atoms with Gasteiger partial charge in [0.25, 0.3) is 5.91 Å². The number of carboxylic acid groups (broad SMARTS) is 1. The van der Waals surface area contributed by atoms with Crippen LogP contribution in [0.25, 0.3) is 10.4 Å². The van der Waals surface area contributed by atoms with Crippen LogP contribution in [0.5, 0.6) is 0 Å². The van der Waals surface area contributed by atoms with E-state index in [0.717, 1.165) is 0 Å². The molecule has 6 nitrogen and oxygen atoms in total. The molecule has 0 saturated carbocycles. The van der Waals surface area contributed by atoms with Gasteiger partial charge >= 0.3 is 6.09 Å². The lowest BCUT2D eigenvalue weighted by molar-refractivity contribution is 0.0949. The molecule has 3 N–H and O–H groups in total. The third-order valence-corrected chi connectivity index (χ3v) is 3.45. The normalized spacial score (nSPS) is 10.1. The molecule has 2 aromatic rings. The first kappa shape index (κ1) is 14.9. The van der Waals surface area contributed by atoms with Crippen molar-refractivity contribution in [1.82, 2.24) is 15.6 Å². The van der Waals surface area contributed by atoms with Gasteiger partial charge in [-0.1, -0.05) is 12.1 Å². The van der Waals surface area contributed by atoms with Crippen molar-refractivity contribution in [3.8, 4) is 10.4 Å². The van der Waals surface area contributed by atoms with Gasteiger partial charge in [-0.15, -0.1) is 11.3 Å². The lowest BCUT2D eigenvalue weighted by atomic mass is 10.1. The molecule has 2 amide bonds. The fourth-order valence-corrected chi connectivity index (χ4v) is 2.44. The minimum Gasteiger partial charge on any atom is -0.465 e. The van der Waals surface area contributed by atoms with Crippen molar-refractivity contribution in [2.75, 3.05) is 13.1 Å². The van der Waals surface area contributed by atoms with Crippen LogP contribution in [0.4, 0.5) is 9.18 Å². The van der Waals surface area contributed by atoms with E-state index in [0.29, 0.717) is 10.4 Å². The smallest absolute Gasteiger partial charge is 0.404 e. The molecule has 8 heteroatoms. The average molecular weight is 309 g/mol. The highest BCUT2D eigenvalue weighted by atomic mass is 32.1. The highest BCUT2D eigenvalue weighted by Gasteiger charge is 2.16. The first-order valence-electron chi connectivity index (χ1n) is 6.02. The molecular formula is C13H12FN3O3S. The van der Waals surface area contributed by atoms with E-state index in [1.165, 1.54) is 29.0 Å². The zero-order chi connectivity index (χ0) is 15.2. The molecule has 0 aliphatic carbocycles. The van der Waals surface area contributed by atoms with Crippen LogP contribution in [0.2, 0.25) is 0 Å². The standard InChI is InChI=1S/C13H12FN3O3S/c14-9-3-1-8(2-4-9)11-10(17-7-21-11)12(18)15-5-6-16-13(19)20/h1-4,7,16H,5-6H2,(H,15,18)(H,19,20). The van der Waals surface area contributed by atoms with Gasteiger partial charge in [0.05, 0.1) is 10.4 Å². The SMILES string of the molecule is O=C(O)NCCNC(=O)c1ncsc1-c1ccc(F)cc1. The molecule has 110 valence electrons. The minimum atomic E-state index is -1.15.